The topological polar surface area (TPSA) is 41.9 Å². The van der Waals surface area contributed by atoms with Gasteiger partial charge in [0.25, 0.3) is 0 Å². The van der Waals surface area contributed by atoms with Crippen molar-refractivity contribution in [3.8, 4) is 0 Å². The van der Waals surface area contributed by atoms with Crippen LogP contribution in [0.25, 0.3) is 0 Å². The second-order valence-electron chi connectivity index (χ2n) is 3.25. The van der Waals surface area contributed by atoms with E-state index in [-0.39, 0.29) is 0 Å². The third kappa shape index (κ3) is 2.48. The molecule has 0 aliphatic carbocycles. The number of halogens is 1. The predicted molar refractivity (Wildman–Crippen MR) is 65.9 cm³/mol. The summed E-state index contributed by atoms with van der Waals surface area (Å²) in [5, 5.41) is 0.473. The van der Waals surface area contributed by atoms with E-state index in [1.807, 2.05) is 12.1 Å². The summed E-state index contributed by atoms with van der Waals surface area (Å²) in [5.74, 6) is 0.756. The maximum atomic E-state index is 5.96. The van der Waals surface area contributed by atoms with Crippen LogP contribution in [0.15, 0.2) is 24.5 Å². The van der Waals surface area contributed by atoms with Crippen molar-refractivity contribution in [2.24, 2.45) is 0 Å². The SMILES string of the molecule is CCN(Cc1ccncc1)c1nsnc1Cl. The van der Waals surface area contributed by atoms with Crippen molar-refractivity contribution in [1.29, 1.82) is 0 Å². The zero-order chi connectivity index (χ0) is 11.4. The summed E-state index contributed by atoms with van der Waals surface area (Å²) in [6.45, 7) is 3.68. The molecule has 84 valence electrons. The molecule has 0 aliphatic heterocycles. The number of pyridine rings is 1. The third-order valence-electron chi connectivity index (χ3n) is 2.24. The van der Waals surface area contributed by atoms with E-state index < -0.39 is 0 Å². The Labute approximate surface area is 103 Å². The first-order valence-corrected chi connectivity index (χ1v) is 6.04. The second kappa shape index (κ2) is 5.23. The van der Waals surface area contributed by atoms with Crippen molar-refractivity contribution in [1.82, 2.24) is 13.7 Å². The van der Waals surface area contributed by atoms with Gasteiger partial charge in [-0.3, -0.25) is 4.98 Å². The molecule has 0 saturated heterocycles. The van der Waals surface area contributed by atoms with Crippen molar-refractivity contribution in [2.45, 2.75) is 13.5 Å². The van der Waals surface area contributed by atoms with Gasteiger partial charge in [-0.15, -0.1) is 0 Å². The second-order valence-corrected chi connectivity index (χ2v) is 4.13. The lowest BCUT2D eigenvalue weighted by Crippen LogP contribution is -2.22. The van der Waals surface area contributed by atoms with Crippen LogP contribution in [0.2, 0.25) is 5.15 Å². The Morgan fingerprint density at radius 1 is 1.31 bits per heavy atom. The van der Waals surface area contributed by atoms with Gasteiger partial charge in [-0.2, -0.15) is 8.75 Å². The van der Waals surface area contributed by atoms with Crippen LogP contribution in [0, 0.1) is 0 Å². The highest BCUT2D eigenvalue weighted by atomic mass is 35.5. The molecule has 0 bridgehead atoms. The first kappa shape index (κ1) is 11.3. The van der Waals surface area contributed by atoms with Gasteiger partial charge in [-0.25, -0.2) is 0 Å². The molecule has 0 aromatic carbocycles. The Balaban J connectivity index is 2.16. The van der Waals surface area contributed by atoms with E-state index in [0.29, 0.717) is 5.15 Å². The first-order valence-electron chi connectivity index (χ1n) is 4.93. The first-order chi connectivity index (χ1) is 7.81. The summed E-state index contributed by atoms with van der Waals surface area (Å²) >= 11 is 7.10. The minimum Gasteiger partial charge on any atom is -0.349 e. The highest BCUT2D eigenvalue weighted by molar-refractivity contribution is 6.99. The molecular weight excluding hydrogens is 244 g/mol. The number of rotatable bonds is 4. The molecule has 0 amide bonds. The largest absolute Gasteiger partial charge is 0.349 e. The van der Waals surface area contributed by atoms with Crippen molar-refractivity contribution in [3.05, 3.63) is 35.2 Å². The molecule has 0 N–H and O–H groups in total. The third-order valence-corrected chi connectivity index (χ3v) is 3.11. The summed E-state index contributed by atoms with van der Waals surface area (Å²) in [6.07, 6.45) is 3.56. The summed E-state index contributed by atoms with van der Waals surface area (Å²) < 4.78 is 8.16. The smallest absolute Gasteiger partial charge is 0.187 e. The summed E-state index contributed by atoms with van der Waals surface area (Å²) in [5.41, 5.74) is 1.18. The molecule has 6 heteroatoms. The number of aromatic nitrogens is 3. The minimum atomic E-state index is 0.473. The normalized spacial score (nSPS) is 10.4. The van der Waals surface area contributed by atoms with E-state index in [2.05, 4.69) is 25.6 Å². The van der Waals surface area contributed by atoms with E-state index in [4.69, 9.17) is 11.6 Å². The van der Waals surface area contributed by atoms with E-state index in [1.54, 1.807) is 12.4 Å². The fraction of sp³-hybridized carbons (Fsp3) is 0.300. The molecule has 2 aromatic rings. The molecule has 0 spiro atoms. The Kier molecular flexibility index (Phi) is 3.69. The van der Waals surface area contributed by atoms with Crippen LogP contribution in [0.4, 0.5) is 5.82 Å². The van der Waals surface area contributed by atoms with E-state index in [0.717, 1.165) is 30.6 Å². The molecule has 0 fully saturated rings. The van der Waals surface area contributed by atoms with Crippen LogP contribution in [-0.4, -0.2) is 20.3 Å². The highest BCUT2D eigenvalue weighted by Gasteiger charge is 2.13. The molecule has 2 heterocycles. The van der Waals surface area contributed by atoms with Crippen LogP contribution in [0.5, 0.6) is 0 Å². The van der Waals surface area contributed by atoms with Gasteiger partial charge >= 0.3 is 0 Å². The summed E-state index contributed by atoms with van der Waals surface area (Å²) in [6, 6.07) is 3.97. The van der Waals surface area contributed by atoms with Crippen LogP contribution in [0.3, 0.4) is 0 Å². The van der Waals surface area contributed by atoms with Gasteiger partial charge in [0.05, 0.1) is 11.7 Å². The lowest BCUT2D eigenvalue weighted by Gasteiger charge is -2.19. The number of hydrogen-bond acceptors (Lipinski definition) is 5. The molecule has 0 unspecified atom stereocenters. The molecule has 0 saturated carbocycles. The monoisotopic (exact) mass is 254 g/mol. The van der Waals surface area contributed by atoms with Crippen LogP contribution in [0.1, 0.15) is 12.5 Å². The Hall–Kier alpha value is -1.20. The maximum absolute atomic E-state index is 5.96. The fourth-order valence-electron chi connectivity index (χ4n) is 1.41. The van der Waals surface area contributed by atoms with Gasteiger partial charge in [0.2, 0.25) is 0 Å². The number of hydrogen-bond donors (Lipinski definition) is 0. The van der Waals surface area contributed by atoms with Crippen LogP contribution in [-0.2, 0) is 6.54 Å². The minimum absolute atomic E-state index is 0.473. The summed E-state index contributed by atoms with van der Waals surface area (Å²) in [7, 11) is 0. The Bertz CT molecular complexity index is 445. The van der Waals surface area contributed by atoms with Gasteiger partial charge < -0.3 is 4.90 Å². The quantitative estimate of drug-likeness (QED) is 0.841. The van der Waals surface area contributed by atoms with Gasteiger partial charge in [0, 0.05) is 25.5 Å². The number of nitrogens with zero attached hydrogens (tertiary/aromatic N) is 4. The van der Waals surface area contributed by atoms with Crippen molar-refractivity contribution >= 4 is 29.1 Å². The van der Waals surface area contributed by atoms with E-state index in [1.165, 1.54) is 5.56 Å². The fourth-order valence-corrected chi connectivity index (χ4v) is 2.18. The molecule has 0 radical (unpaired) electrons. The average Bonchev–Trinajstić information content (AvgIpc) is 2.74. The maximum Gasteiger partial charge on any atom is 0.187 e. The predicted octanol–water partition coefficient (Wildman–Crippen LogP) is 2.61. The Morgan fingerprint density at radius 2 is 2.06 bits per heavy atom. The van der Waals surface area contributed by atoms with Crippen molar-refractivity contribution < 1.29 is 0 Å². The lowest BCUT2D eigenvalue weighted by atomic mass is 10.2. The zero-order valence-electron chi connectivity index (χ0n) is 8.80. The average molecular weight is 255 g/mol. The van der Waals surface area contributed by atoms with Gasteiger partial charge in [0.15, 0.2) is 11.0 Å². The Morgan fingerprint density at radius 3 is 2.62 bits per heavy atom. The van der Waals surface area contributed by atoms with Crippen LogP contribution < -0.4 is 4.90 Å². The molecule has 0 atom stereocenters. The number of anilines is 1. The van der Waals surface area contributed by atoms with Gasteiger partial charge in [-0.05, 0) is 24.6 Å². The molecule has 2 rings (SSSR count). The lowest BCUT2D eigenvalue weighted by molar-refractivity contribution is 0.819. The molecule has 0 aliphatic rings. The summed E-state index contributed by atoms with van der Waals surface area (Å²) in [4.78, 5) is 6.07. The van der Waals surface area contributed by atoms with Crippen molar-refractivity contribution in [3.63, 3.8) is 0 Å². The van der Waals surface area contributed by atoms with Gasteiger partial charge in [0.1, 0.15) is 0 Å². The van der Waals surface area contributed by atoms with E-state index in [9.17, 15) is 0 Å². The standard InChI is InChI=1S/C10H11ClN4S/c1-2-15(10-9(11)13-16-14-10)7-8-3-5-12-6-4-8/h3-6H,2,7H2,1H3. The van der Waals surface area contributed by atoms with Gasteiger partial charge in [-0.1, -0.05) is 11.6 Å². The highest BCUT2D eigenvalue weighted by Crippen LogP contribution is 2.23. The van der Waals surface area contributed by atoms with Crippen molar-refractivity contribution in [2.75, 3.05) is 11.4 Å². The molecule has 16 heavy (non-hydrogen) atoms. The molecule has 4 nitrogen and oxygen atoms in total. The van der Waals surface area contributed by atoms with E-state index >= 15 is 0 Å². The van der Waals surface area contributed by atoms with Crippen LogP contribution >= 0.6 is 23.3 Å². The molecular formula is C10H11ClN4S. The molecule has 2 aromatic heterocycles. The zero-order valence-corrected chi connectivity index (χ0v) is 10.4.